The number of likely N-dealkylation sites (N-methyl/N-ethyl adjacent to an activating group) is 1. The minimum atomic E-state index is -0.592. The van der Waals surface area contributed by atoms with Crippen LogP contribution in [0.25, 0.3) is 0 Å². The van der Waals surface area contributed by atoms with Gasteiger partial charge in [0.2, 0.25) is 5.91 Å². The molecule has 1 aliphatic heterocycles. The van der Waals surface area contributed by atoms with Gasteiger partial charge in [0, 0.05) is 36.3 Å². The Kier molecular flexibility index (Phi) is 6.91. The summed E-state index contributed by atoms with van der Waals surface area (Å²) in [5.74, 6) is 0.348. The molecular formula is C18H28N4O3S. The van der Waals surface area contributed by atoms with Crippen molar-refractivity contribution in [3.63, 3.8) is 0 Å². The molecule has 0 bridgehead atoms. The van der Waals surface area contributed by atoms with Gasteiger partial charge in [-0.2, -0.15) is 0 Å². The first-order valence-electron chi connectivity index (χ1n) is 8.66. The molecule has 0 unspecified atom stereocenters. The molecule has 8 heteroatoms. The van der Waals surface area contributed by atoms with E-state index in [1.807, 2.05) is 38.1 Å². The summed E-state index contributed by atoms with van der Waals surface area (Å²) >= 11 is 1.56. The number of fused-ring (bicyclic) bond motifs is 1. The molecular weight excluding hydrogens is 352 g/mol. The van der Waals surface area contributed by atoms with Gasteiger partial charge in [-0.1, -0.05) is 12.1 Å². The van der Waals surface area contributed by atoms with Crippen molar-refractivity contribution >= 4 is 29.4 Å². The third kappa shape index (κ3) is 5.62. The molecule has 144 valence electrons. The van der Waals surface area contributed by atoms with Crippen LogP contribution in [0.15, 0.2) is 29.2 Å². The lowest BCUT2D eigenvalue weighted by Crippen LogP contribution is -2.55. The fourth-order valence-electron chi connectivity index (χ4n) is 2.55. The topological polar surface area (TPSA) is 93.7 Å². The number of carbonyl (C=O) groups is 2. The van der Waals surface area contributed by atoms with Crippen LogP contribution in [0.2, 0.25) is 0 Å². The Morgan fingerprint density at radius 1 is 1.42 bits per heavy atom. The molecule has 0 spiro atoms. The van der Waals surface area contributed by atoms with Crippen LogP contribution in [0.3, 0.4) is 0 Å². The van der Waals surface area contributed by atoms with Gasteiger partial charge < -0.3 is 26.0 Å². The average Bonchev–Trinajstić information content (AvgIpc) is 2.71. The quantitative estimate of drug-likeness (QED) is 0.595. The molecule has 0 saturated carbocycles. The summed E-state index contributed by atoms with van der Waals surface area (Å²) in [5.41, 5.74) is 0.486. The molecule has 1 aliphatic rings. The van der Waals surface area contributed by atoms with Crippen LogP contribution in [0.1, 0.15) is 20.8 Å². The van der Waals surface area contributed by atoms with E-state index in [9.17, 15) is 14.7 Å². The van der Waals surface area contributed by atoms with E-state index >= 15 is 0 Å². The number of benzene rings is 1. The maximum atomic E-state index is 12.7. The molecule has 1 heterocycles. The normalized spacial score (nSPS) is 18.7. The maximum absolute atomic E-state index is 12.7. The molecule has 7 nitrogen and oxygen atoms in total. The van der Waals surface area contributed by atoms with Gasteiger partial charge >= 0.3 is 6.03 Å². The third-order valence-electron chi connectivity index (χ3n) is 4.13. The van der Waals surface area contributed by atoms with Crippen molar-refractivity contribution in [1.82, 2.24) is 16.0 Å². The Labute approximate surface area is 158 Å². The smallest absolute Gasteiger partial charge is 0.315 e. The van der Waals surface area contributed by atoms with Gasteiger partial charge in [-0.05, 0) is 32.9 Å². The van der Waals surface area contributed by atoms with E-state index in [0.717, 1.165) is 10.6 Å². The van der Waals surface area contributed by atoms with Crippen molar-refractivity contribution in [1.29, 1.82) is 0 Å². The summed E-state index contributed by atoms with van der Waals surface area (Å²) in [5, 5.41) is 18.1. The number of nitrogens with one attached hydrogen (secondary N) is 3. The number of rotatable bonds is 6. The zero-order valence-corrected chi connectivity index (χ0v) is 16.5. The minimum Gasteiger partial charge on any atom is -0.392 e. The number of anilines is 1. The molecule has 2 rings (SSSR count). The standard InChI is InChI=1S/C18H28N4O3S/c1-12(23)9-20-18(2,3)11-19-17(25)21-13-10-26-15-8-6-5-7-14(15)22(4)16(13)24/h5-8,12-13,20,23H,9-11H2,1-4H3,(H2,19,21,25)/t12-,13-/m1/s1. The SMILES string of the molecule is C[C@@H](O)CNC(C)(C)CNC(=O)N[C@@H]1CSc2ccccc2N(C)C1=O. The number of aliphatic hydroxyl groups excluding tert-OH is 1. The zero-order valence-electron chi connectivity index (χ0n) is 15.7. The predicted octanol–water partition coefficient (Wildman–Crippen LogP) is 1.17. The summed E-state index contributed by atoms with van der Waals surface area (Å²) in [4.78, 5) is 27.5. The average molecular weight is 381 g/mol. The van der Waals surface area contributed by atoms with E-state index < -0.39 is 12.1 Å². The number of para-hydroxylation sites is 1. The highest BCUT2D eigenvalue weighted by atomic mass is 32.2. The third-order valence-corrected chi connectivity index (χ3v) is 5.29. The summed E-state index contributed by atoms with van der Waals surface area (Å²) in [6.07, 6.45) is -0.457. The predicted molar refractivity (Wildman–Crippen MR) is 105 cm³/mol. The number of amides is 3. The minimum absolute atomic E-state index is 0.135. The number of hydrogen-bond donors (Lipinski definition) is 4. The lowest BCUT2D eigenvalue weighted by Gasteiger charge is -2.28. The van der Waals surface area contributed by atoms with Gasteiger partial charge in [-0.25, -0.2) is 4.79 Å². The van der Waals surface area contributed by atoms with Gasteiger partial charge in [-0.15, -0.1) is 11.8 Å². The molecule has 0 saturated heterocycles. The van der Waals surface area contributed by atoms with E-state index in [2.05, 4.69) is 16.0 Å². The Bertz CT molecular complexity index is 651. The fourth-order valence-corrected chi connectivity index (χ4v) is 3.65. The van der Waals surface area contributed by atoms with Gasteiger partial charge in [0.05, 0.1) is 11.8 Å². The van der Waals surface area contributed by atoms with Crippen LogP contribution in [0.5, 0.6) is 0 Å². The van der Waals surface area contributed by atoms with E-state index in [1.165, 1.54) is 0 Å². The van der Waals surface area contributed by atoms with Gasteiger partial charge in [-0.3, -0.25) is 4.79 Å². The van der Waals surface area contributed by atoms with Gasteiger partial charge in [0.25, 0.3) is 0 Å². The summed E-state index contributed by atoms with van der Waals surface area (Å²) in [7, 11) is 1.72. The first kappa shape index (κ1) is 20.5. The highest BCUT2D eigenvalue weighted by Gasteiger charge is 2.30. The number of aliphatic hydroxyl groups is 1. The zero-order chi connectivity index (χ0) is 19.3. The first-order chi connectivity index (χ1) is 12.2. The second kappa shape index (κ2) is 8.75. The van der Waals surface area contributed by atoms with Crippen molar-refractivity contribution in [3.8, 4) is 0 Å². The van der Waals surface area contributed by atoms with Gasteiger partial charge in [0.1, 0.15) is 6.04 Å². The molecule has 2 atom stereocenters. The maximum Gasteiger partial charge on any atom is 0.315 e. The van der Waals surface area contributed by atoms with Crippen LogP contribution in [0, 0.1) is 0 Å². The second-order valence-corrected chi connectivity index (χ2v) is 8.23. The molecule has 1 aromatic rings. The van der Waals surface area contributed by atoms with Crippen molar-refractivity contribution in [3.05, 3.63) is 24.3 Å². The number of carbonyl (C=O) groups excluding carboxylic acids is 2. The second-order valence-electron chi connectivity index (χ2n) is 7.17. The Balaban J connectivity index is 1.90. The Morgan fingerprint density at radius 3 is 2.81 bits per heavy atom. The van der Waals surface area contributed by atoms with E-state index in [-0.39, 0.29) is 17.5 Å². The molecule has 26 heavy (non-hydrogen) atoms. The van der Waals surface area contributed by atoms with Crippen LogP contribution < -0.4 is 20.9 Å². The fraction of sp³-hybridized carbons (Fsp3) is 0.556. The summed E-state index contributed by atoms with van der Waals surface area (Å²) in [6, 6.07) is 6.74. The van der Waals surface area contributed by atoms with Gasteiger partial charge in [0.15, 0.2) is 0 Å². The number of urea groups is 1. The molecule has 0 aromatic heterocycles. The highest BCUT2D eigenvalue weighted by Crippen LogP contribution is 2.33. The molecule has 4 N–H and O–H groups in total. The van der Waals surface area contributed by atoms with Crippen LogP contribution in [-0.4, -0.2) is 60.6 Å². The Morgan fingerprint density at radius 2 is 2.12 bits per heavy atom. The first-order valence-corrected chi connectivity index (χ1v) is 9.65. The summed E-state index contributed by atoms with van der Waals surface area (Å²) in [6.45, 7) is 6.39. The van der Waals surface area contributed by atoms with E-state index in [1.54, 1.807) is 30.6 Å². The van der Waals surface area contributed by atoms with Crippen molar-refractivity contribution in [2.75, 3.05) is 30.8 Å². The van der Waals surface area contributed by atoms with Crippen LogP contribution in [0.4, 0.5) is 10.5 Å². The lowest BCUT2D eigenvalue weighted by molar-refractivity contribution is -0.119. The number of thioether (sulfide) groups is 1. The van der Waals surface area contributed by atoms with Crippen molar-refractivity contribution in [2.24, 2.45) is 0 Å². The van der Waals surface area contributed by atoms with Crippen molar-refractivity contribution in [2.45, 2.75) is 43.4 Å². The number of β-amino-alcohol motifs (C(OH)–C–C–N with tert-alkyl or cyclic N) is 1. The molecule has 0 radical (unpaired) electrons. The monoisotopic (exact) mass is 380 g/mol. The van der Waals surface area contributed by atoms with Crippen LogP contribution >= 0.6 is 11.8 Å². The van der Waals surface area contributed by atoms with E-state index in [0.29, 0.717) is 18.8 Å². The molecule has 3 amide bonds. The molecule has 1 aromatic carbocycles. The van der Waals surface area contributed by atoms with E-state index in [4.69, 9.17) is 0 Å². The Hall–Kier alpha value is -1.77. The number of nitrogens with zero attached hydrogens (tertiary/aromatic N) is 1. The largest absolute Gasteiger partial charge is 0.392 e. The van der Waals surface area contributed by atoms with Crippen molar-refractivity contribution < 1.29 is 14.7 Å². The summed E-state index contributed by atoms with van der Waals surface area (Å²) < 4.78 is 0. The molecule has 0 aliphatic carbocycles. The van der Waals surface area contributed by atoms with Crippen LogP contribution in [-0.2, 0) is 4.79 Å². The number of hydrogen-bond acceptors (Lipinski definition) is 5. The highest BCUT2D eigenvalue weighted by molar-refractivity contribution is 7.99. The molecule has 0 fully saturated rings. The lowest BCUT2D eigenvalue weighted by atomic mass is 10.1.